The molecule has 0 aromatic heterocycles. The van der Waals surface area contributed by atoms with E-state index in [-0.39, 0.29) is 5.41 Å². The first kappa shape index (κ1) is 8.02. The van der Waals surface area contributed by atoms with Crippen LogP contribution in [0.15, 0.2) is 0 Å². The molecule has 0 N–H and O–H groups in total. The van der Waals surface area contributed by atoms with E-state index >= 15 is 0 Å². The molecule has 0 aromatic rings. The Hall–Kier alpha value is 0.0200. The third-order valence-electron chi connectivity index (χ3n) is 1.41. The molecule has 0 atom stereocenters. The molecule has 0 aromatic carbocycles. The van der Waals surface area contributed by atoms with Gasteiger partial charge < -0.3 is 0 Å². The molecule has 0 aliphatic carbocycles. The summed E-state index contributed by atoms with van der Waals surface area (Å²) in [5.74, 6) is 0.726. The molecule has 0 saturated heterocycles. The van der Waals surface area contributed by atoms with Crippen molar-refractivity contribution in [2.45, 2.75) is 27.2 Å². The molecule has 1 nitrogen and oxygen atoms in total. The summed E-state index contributed by atoms with van der Waals surface area (Å²) in [6.07, 6.45) is 1.09. The predicted molar refractivity (Wildman–Crippen MR) is 37.0 cm³/mol. The Kier molecular flexibility index (Phi) is 3.13. The average molecular weight is 133 g/mol. The van der Waals surface area contributed by atoms with Gasteiger partial charge in [-0.2, -0.15) is 0 Å². The molecule has 0 heterocycles. The van der Waals surface area contributed by atoms with Crippen molar-refractivity contribution in [1.29, 1.82) is 0 Å². The first-order valence-corrected chi connectivity index (χ1v) is 3.78. The molecule has 2 heteroatoms. The summed E-state index contributed by atoms with van der Waals surface area (Å²) in [4.78, 5) is 0. The number of hydrogen-bond acceptors (Lipinski definition) is 1. The number of hydrogen-bond donors (Lipinski definition) is 0. The van der Waals surface area contributed by atoms with Gasteiger partial charge >= 0.3 is 11.7 Å². The Bertz CT molecular complexity index is 78.6. The van der Waals surface area contributed by atoms with Gasteiger partial charge in [-0.05, 0) is 6.42 Å². The van der Waals surface area contributed by atoms with E-state index in [2.05, 4.69) is 20.8 Å². The summed E-state index contributed by atoms with van der Waals surface area (Å²) in [6, 6.07) is 0. The van der Waals surface area contributed by atoms with Gasteiger partial charge in [0.1, 0.15) is 0 Å². The van der Waals surface area contributed by atoms with Crippen molar-refractivity contribution in [3.63, 3.8) is 0 Å². The molecule has 0 bridgehead atoms. The van der Waals surface area contributed by atoms with Crippen molar-refractivity contribution in [2.24, 2.45) is 5.41 Å². The van der Waals surface area contributed by atoms with Gasteiger partial charge in [0.15, 0.2) is 0 Å². The first-order valence-electron chi connectivity index (χ1n) is 2.87. The maximum absolute atomic E-state index is 10.0. The van der Waals surface area contributed by atoms with E-state index in [1.165, 1.54) is 0 Å². The van der Waals surface area contributed by atoms with Crippen LogP contribution in [0.3, 0.4) is 0 Å². The van der Waals surface area contributed by atoms with Crippen molar-refractivity contribution >= 4 is 11.7 Å². The normalized spacial score (nSPS) is 11.4. The zero-order chi connectivity index (χ0) is 6.62. The minimum Gasteiger partial charge on any atom is -0.0647 e. The zero-order valence-electron chi connectivity index (χ0n) is 5.73. The summed E-state index contributed by atoms with van der Waals surface area (Å²) < 4.78 is 10.0. The molecular formula is C6H13OS+. The van der Waals surface area contributed by atoms with Crippen molar-refractivity contribution in [3.05, 3.63) is 0 Å². The Balaban J connectivity index is 3.53. The van der Waals surface area contributed by atoms with Crippen LogP contribution in [0.4, 0.5) is 0 Å². The van der Waals surface area contributed by atoms with E-state index in [9.17, 15) is 4.21 Å². The van der Waals surface area contributed by atoms with Gasteiger partial charge in [-0.1, -0.05) is 20.8 Å². The third-order valence-corrected chi connectivity index (χ3v) is 2.31. The minimum absolute atomic E-state index is 0.242. The standard InChI is InChI=1S/C6H13OS/c1-4-6(2,3)5-8-7/h4-5H2,1-3H3/q+1. The zero-order valence-corrected chi connectivity index (χ0v) is 6.55. The fraction of sp³-hybridized carbons (Fsp3) is 1.00. The van der Waals surface area contributed by atoms with Crippen LogP contribution >= 0.6 is 0 Å². The molecule has 8 heavy (non-hydrogen) atoms. The second-order valence-electron chi connectivity index (χ2n) is 2.78. The van der Waals surface area contributed by atoms with Gasteiger partial charge in [0.05, 0.1) is 0 Å². The molecule has 48 valence electrons. The second kappa shape index (κ2) is 3.13. The van der Waals surface area contributed by atoms with Crippen molar-refractivity contribution < 1.29 is 4.21 Å². The van der Waals surface area contributed by atoms with Crippen LogP contribution in [0, 0.1) is 5.41 Å². The van der Waals surface area contributed by atoms with Crippen LogP contribution < -0.4 is 0 Å². The van der Waals surface area contributed by atoms with Crippen molar-refractivity contribution in [2.75, 3.05) is 5.75 Å². The topological polar surface area (TPSA) is 17.1 Å². The van der Waals surface area contributed by atoms with Crippen LogP contribution in [-0.4, -0.2) is 5.75 Å². The molecule has 0 aliphatic rings. The Morgan fingerprint density at radius 3 is 2.12 bits per heavy atom. The lowest BCUT2D eigenvalue weighted by Gasteiger charge is -2.11. The van der Waals surface area contributed by atoms with Gasteiger partial charge in [-0.15, -0.1) is 0 Å². The average Bonchev–Trinajstić information content (AvgIpc) is 1.67. The van der Waals surface area contributed by atoms with Crippen LogP contribution in [0.2, 0.25) is 0 Å². The molecule has 0 rings (SSSR count). The van der Waals surface area contributed by atoms with Gasteiger partial charge in [0.2, 0.25) is 5.75 Å². The first-order chi connectivity index (χ1) is 3.62. The number of rotatable bonds is 3. The largest absolute Gasteiger partial charge is 0.459 e. The molecule has 0 unspecified atom stereocenters. The van der Waals surface area contributed by atoms with E-state index in [1.807, 2.05) is 0 Å². The van der Waals surface area contributed by atoms with E-state index in [1.54, 1.807) is 0 Å². The van der Waals surface area contributed by atoms with Crippen LogP contribution in [0.5, 0.6) is 0 Å². The maximum atomic E-state index is 10.0. The Labute approximate surface area is 55.0 Å². The quantitative estimate of drug-likeness (QED) is 0.537. The van der Waals surface area contributed by atoms with E-state index in [4.69, 9.17) is 0 Å². The van der Waals surface area contributed by atoms with Gasteiger partial charge in [-0.3, -0.25) is 0 Å². The third kappa shape index (κ3) is 3.08. The van der Waals surface area contributed by atoms with Crippen molar-refractivity contribution in [3.8, 4) is 0 Å². The SMILES string of the molecule is CCC(C)(C)C[S+]=O. The molecule has 0 fully saturated rings. The molecular weight excluding hydrogens is 120 g/mol. The molecule has 0 amide bonds. The molecule has 0 spiro atoms. The summed E-state index contributed by atoms with van der Waals surface area (Å²) >= 11 is 0.683. The second-order valence-corrected chi connectivity index (χ2v) is 3.30. The van der Waals surface area contributed by atoms with Crippen LogP contribution in [0.25, 0.3) is 0 Å². The lowest BCUT2D eigenvalue weighted by Crippen LogP contribution is -2.13. The van der Waals surface area contributed by atoms with Gasteiger partial charge in [0.25, 0.3) is 0 Å². The molecule has 0 radical (unpaired) electrons. The monoisotopic (exact) mass is 133 g/mol. The fourth-order valence-electron chi connectivity index (χ4n) is 0.262. The van der Waals surface area contributed by atoms with Crippen LogP contribution in [0.1, 0.15) is 27.2 Å². The van der Waals surface area contributed by atoms with Gasteiger partial charge in [0, 0.05) is 9.62 Å². The molecule has 0 aliphatic heterocycles. The Morgan fingerprint density at radius 2 is 2.00 bits per heavy atom. The summed E-state index contributed by atoms with van der Waals surface area (Å²) in [6.45, 7) is 6.33. The highest BCUT2D eigenvalue weighted by Crippen LogP contribution is 2.18. The highest BCUT2D eigenvalue weighted by Gasteiger charge is 2.22. The maximum Gasteiger partial charge on any atom is 0.459 e. The lowest BCUT2D eigenvalue weighted by atomic mass is 9.93. The highest BCUT2D eigenvalue weighted by atomic mass is 32.1. The van der Waals surface area contributed by atoms with E-state index < -0.39 is 0 Å². The fourth-order valence-corrected chi connectivity index (χ4v) is 0.785. The predicted octanol–water partition coefficient (Wildman–Crippen LogP) is 1.85. The summed E-state index contributed by atoms with van der Waals surface area (Å²) in [5, 5.41) is 0. The molecule has 0 saturated carbocycles. The van der Waals surface area contributed by atoms with Crippen molar-refractivity contribution in [1.82, 2.24) is 0 Å². The van der Waals surface area contributed by atoms with Crippen LogP contribution in [-0.2, 0) is 15.9 Å². The van der Waals surface area contributed by atoms with E-state index in [0.29, 0.717) is 11.7 Å². The smallest absolute Gasteiger partial charge is 0.0647 e. The highest BCUT2D eigenvalue weighted by molar-refractivity contribution is 7.65. The van der Waals surface area contributed by atoms with Gasteiger partial charge in [-0.25, -0.2) is 0 Å². The minimum atomic E-state index is 0.242. The lowest BCUT2D eigenvalue weighted by molar-refractivity contribution is 0.404. The Morgan fingerprint density at radius 1 is 1.50 bits per heavy atom. The van der Waals surface area contributed by atoms with E-state index in [0.717, 1.165) is 12.2 Å². The summed E-state index contributed by atoms with van der Waals surface area (Å²) in [7, 11) is 0. The summed E-state index contributed by atoms with van der Waals surface area (Å²) in [5.41, 5.74) is 0.242.